The van der Waals surface area contributed by atoms with Crippen molar-refractivity contribution in [3.8, 4) is 0 Å². The van der Waals surface area contributed by atoms with Crippen molar-refractivity contribution in [2.45, 2.75) is 61.5 Å². The molecule has 3 nitrogen and oxygen atoms in total. The highest BCUT2D eigenvalue weighted by Crippen LogP contribution is 2.32. The highest BCUT2D eigenvalue weighted by atomic mass is 32.2. The Balaban J connectivity index is 1.51. The van der Waals surface area contributed by atoms with Crippen molar-refractivity contribution in [3.05, 3.63) is 18.0 Å². The molecule has 0 spiro atoms. The monoisotopic (exact) mass is 249 g/mol. The Hall–Kier alpha value is -0.610. The highest BCUT2D eigenvalue weighted by Gasteiger charge is 2.20. The van der Waals surface area contributed by atoms with Crippen LogP contribution in [0.4, 0.5) is 0 Å². The SMILES string of the molecule is c1nc(SC2CCCC2)ncc1CNC1CC1. The first-order chi connectivity index (χ1) is 8.40. The van der Waals surface area contributed by atoms with Crippen molar-refractivity contribution in [3.63, 3.8) is 0 Å². The lowest BCUT2D eigenvalue weighted by Gasteiger charge is -2.07. The summed E-state index contributed by atoms with van der Waals surface area (Å²) in [6.45, 7) is 0.916. The van der Waals surface area contributed by atoms with Gasteiger partial charge in [-0.15, -0.1) is 0 Å². The van der Waals surface area contributed by atoms with Crippen LogP contribution in [0.25, 0.3) is 0 Å². The molecule has 1 heterocycles. The van der Waals surface area contributed by atoms with Crippen LogP contribution in [0.3, 0.4) is 0 Å². The number of hydrogen-bond acceptors (Lipinski definition) is 4. The number of rotatable bonds is 5. The largest absolute Gasteiger partial charge is 0.310 e. The molecule has 3 rings (SSSR count). The lowest BCUT2D eigenvalue weighted by Crippen LogP contribution is -2.15. The van der Waals surface area contributed by atoms with Crippen LogP contribution >= 0.6 is 11.8 Å². The number of hydrogen-bond donors (Lipinski definition) is 1. The predicted molar refractivity (Wildman–Crippen MR) is 70.0 cm³/mol. The lowest BCUT2D eigenvalue weighted by molar-refractivity contribution is 0.680. The number of nitrogens with zero attached hydrogens (tertiary/aromatic N) is 2. The molecule has 0 radical (unpaired) electrons. The molecular weight excluding hydrogens is 230 g/mol. The second-order valence-electron chi connectivity index (χ2n) is 5.05. The van der Waals surface area contributed by atoms with Crippen LogP contribution in [0.1, 0.15) is 44.1 Å². The van der Waals surface area contributed by atoms with Crippen LogP contribution in [0.2, 0.25) is 0 Å². The Morgan fingerprint density at radius 2 is 1.82 bits per heavy atom. The Labute approximate surface area is 107 Å². The fourth-order valence-corrected chi connectivity index (χ4v) is 3.29. The average molecular weight is 249 g/mol. The van der Waals surface area contributed by atoms with E-state index in [1.807, 2.05) is 24.2 Å². The van der Waals surface area contributed by atoms with Gasteiger partial charge in [-0.05, 0) is 25.7 Å². The minimum absolute atomic E-state index is 0.752. The Morgan fingerprint density at radius 3 is 2.47 bits per heavy atom. The molecule has 2 fully saturated rings. The number of nitrogens with one attached hydrogen (secondary N) is 1. The third-order valence-electron chi connectivity index (χ3n) is 3.43. The van der Waals surface area contributed by atoms with Gasteiger partial charge in [0.05, 0.1) is 0 Å². The molecule has 2 aliphatic carbocycles. The van der Waals surface area contributed by atoms with E-state index in [0.717, 1.165) is 23.0 Å². The summed E-state index contributed by atoms with van der Waals surface area (Å²) in [6.07, 6.45) is 12.0. The molecule has 0 atom stereocenters. The minimum Gasteiger partial charge on any atom is -0.310 e. The van der Waals surface area contributed by atoms with Gasteiger partial charge in [-0.25, -0.2) is 9.97 Å². The molecule has 0 aliphatic heterocycles. The summed E-state index contributed by atoms with van der Waals surface area (Å²) in [5, 5.41) is 5.18. The van der Waals surface area contributed by atoms with E-state index < -0.39 is 0 Å². The molecule has 0 bridgehead atoms. The zero-order valence-corrected chi connectivity index (χ0v) is 10.9. The number of aromatic nitrogens is 2. The van der Waals surface area contributed by atoms with Gasteiger partial charge in [0.1, 0.15) is 0 Å². The van der Waals surface area contributed by atoms with Crippen LogP contribution in [0, 0.1) is 0 Å². The van der Waals surface area contributed by atoms with Gasteiger partial charge in [0.2, 0.25) is 0 Å². The van der Waals surface area contributed by atoms with Crippen LogP contribution in [-0.2, 0) is 6.54 Å². The predicted octanol–water partition coefficient (Wildman–Crippen LogP) is 2.76. The molecule has 0 aromatic carbocycles. The summed E-state index contributed by atoms with van der Waals surface area (Å²) in [5.41, 5.74) is 1.20. The van der Waals surface area contributed by atoms with Gasteiger partial charge in [-0.2, -0.15) is 0 Å². The molecule has 17 heavy (non-hydrogen) atoms. The summed E-state index contributed by atoms with van der Waals surface area (Å²) < 4.78 is 0. The molecule has 0 saturated heterocycles. The molecule has 2 aliphatic rings. The van der Waals surface area contributed by atoms with E-state index >= 15 is 0 Å². The molecule has 1 aromatic heterocycles. The van der Waals surface area contributed by atoms with Crippen molar-refractivity contribution in [2.75, 3.05) is 0 Å². The zero-order valence-electron chi connectivity index (χ0n) is 10.1. The van der Waals surface area contributed by atoms with Crippen LogP contribution in [0.5, 0.6) is 0 Å². The van der Waals surface area contributed by atoms with E-state index in [9.17, 15) is 0 Å². The normalized spacial score (nSPS) is 20.9. The first-order valence-corrected chi connectivity index (χ1v) is 7.49. The van der Waals surface area contributed by atoms with Crippen molar-refractivity contribution >= 4 is 11.8 Å². The average Bonchev–Trinajstić information content (AvgIpc) is 3.05. The standard InChI is InChI=1S/C13H19N3S/c1-2-4-12(3-1)17-13-15-8-10(9-16-13)7-14-11-5-6-11/h8-9,11-12,14H,1-7H2. The lowest BCUT2D eigenvalue weighted by atomic mass is 10.3. The second-order valence-corrected chi connectivity index (χ2v) is 6.32. The van der Waals surface area contributed by atoms with Crippen molar-refractivity contribution in [1.82, 2.24) is 15.3 Å². The van der Waals surface area contributed by atoms with E-state index in [0.29, 0.717) is 0 Å². The summed E-state index contributed by atoms with van der Waals surface area (Å²) in [4.78, 5) is 8.90. The summed E-state index contributed by atoms with van der Waals surface area (Å²) >= 11 is 1.85. The van der Waals surface area contributed by atoms with E-state index in [1.54, 1.807) is 0 Å². The third kappa shape index (κ3) is 3.42. The Kier molecular flexibility index (Phi) is 3.62. The maximum absolute atomic E-state index is 4.45. The highest BCUT2D eigenvalue weighted by molar-refractivity contribution is 7.99. The van der Waals surface area contributed by atoms with E-state index in [4.69, 9.17) is 0 Å². The molecule has 4 heteroatoms. The molecule has 2 saturated carbocycles. The van der Waals surface area contributed by atoms with E-state index in [1.165, 1.54) is 44.1 Å². The minimum atomic E-state index is 0.752. The summed E-state index contributed by atoms with van der Waals surface area (Å²) in [5.74, 6) is 0. The molecule has 92 valence electrons. The van der Waals surface area contributed by atoms with Gasteiger partial charge in [0.15, 0.2) is 5.16 Å². The van der Waals surface area contributed by atoms with E-state index in [-0.39, 0.29) is 0 Å². The van der Waals surface area contributed by atoms with Gasteiger partial charge in [-0.1, -0.05) is 24.6 Å². The maximum atomic E-state index is 4.45. The molecule has 1 N–H and O–H groups in total. The molecule has 1 aromatic rings. The molecular formula is C13H19N3S. The van der Waals surface area contributed by atoms with Crippen LogP contribution < -0.4 is 5.32 Å². The maximum Gasteiger partial charge on any atom is 0.187 e. The fraction of sp³-hybridized carbons (Fsp3) is 0.692. The van der Waals surface area contributed by atoms with Crippen LogP contribution in [-0.4, -0.2) is 21.3 Å². The van der Waals surface area contributed by atoms with Crippen molar-refractivity contribution in [1.29, 1.82) is 0 Å². The Morgan fingerprint density at radius 1 is 1.12 bits per heavy atom. The summed E-state index contributed by atoms with van der Waals surface area (Å²) in [7, 11) is 0. The van der Waals surface area contributed by atoms with Gasteiger partial charge >= 0.3 is 0 Å². The number of thioether (sulfide) groups is 1. The second kappa shape index (κ2) is 5.36. The first kappa shape index (κ1) is 11.5. The zero-order chi connectivity index (χ0) is 11.5. The van der Waals surface area contributed by atoms with Gasteiger partial charge in [0, 0.05) is 35.8 Å². The quantitative estimate of drug-likeness (QED) is 0.814. The van der Waals surface area contributed by atoms with Gasteiger partial charge in [0.25, 0.3) is 0 Å². The molecule has 0 amide bonds. The smallest absolute Gasteiger partial charge is 0.187 e. The fourth-order valence-electron chi connectivity index (χ4n) is 2.20. The topological polar surface area (TPSA) is 37.8 Å². The summed E-state index contributed by atoms with van der Waals surface area (Å²) in [6, 6.07) is 0.752. The van der Waals surface area contributed by atoms with Crippen molar-refractivity contribution in [2.24, 2.45) is 0 Å². The van der Waals surface area contributed by atoms with E-state index in [2.05, 4.69) is 15.3 Å². The Bertz CT molecular complexity index is 355. The van der Waals surface area contributed by atoms with Crippen molar-refractivity contribution < 1.29 is 0 Å². The molecule has 0 unspecified atom stereocenters. The van der Waals surface area contributed by atoms with Gasteiger partial charge < -0.3 is 5.32 Å². The van der Waals surface area contributed by atoms with Crippen LogP contribution in [0.15, 0.2) is 17.6 Å². The third-order valence-corrected chi connectivity index (χ3v) is 4.65. The van der Waals surface area contributed by atoms with Gasteiger partial charge in [-0.3, -0.25) is 0 Å². The first-order valence-electron chi connectivity index (χ1n) is 6.61.